The number of fused-ring (bicyclic) bond motifs is 1. The molecule has 0 aliphatic carbocycles. The Morgan fingerprint density at radius 3 is 2.57 bits per heavy atom. The Bertz CT molecular complexity index is 760. The summed E-state index contributed by atoms with van der Waals surface area (Å²) in [6.45, 7) is 1.94. The molecule has 116 valence electrons. The van der Waals surface area contributed by atoms with Gasteiger partial charge in [0, 0.05) is 19.1 Å². The molecular weight excluding hydrogens is 314 g/mol. The van der Waals surface area contributed by atoms with E-state index in [0.717, 1.165) is 19.0 Å². The number of nitrogens with two attached hydrogens (primary N) is 1. The van der Waals surface area contributed by atoms with Gasteiger partial charge in [-0.3, -0.25) is 0 Å². The Morgan fingerprint density at radius 1 is 1.14 bits per heavy atom. The third-order valence-electron chi connectivity index (χ3n) is 4.13. The summed E-state index contributed by atoms with van der Waals surface area (Å²) < 4.78 is 49.7. The molecule has 0 unspecified atom stereocenters. The zero-order valence-corrected chi connectivity index (χ0v) is 12.9. The van der Waals surface area contributed by atoms with E-state index in [-0.39, 0.29) is 15.8 Å². The summed E-state index contributed by atoms with van der Waals surface area (Å²) in [7, 11) is -7.62. The Labute approximate surface area is 124 Å². The van der Waals surface area contributed by atoms with Crippen LogP contribution >= 0.6 is 0 Å². The molecular formula is C12H17N3O4S2. The highest BCUT2D eigenvalue weighted by Gasteiger charge is 2.43. The lowest BCUT2D eigenvalue weighted by Crippen LogP contribution is -2.39. The van der Waals surface area contributed by atoms with Gasteiger partial charge in [0.2, 0.25) is 20.0 Å². The second-order valence-electron chi connectivity index (χ2n) is 5.41. The van der Waals surface area contributed by atoms with E-state index in [1.165, 1.54) is 22.5 Å². The van der Waals surface area contributed by atoms with Gasteiger partial charge in [-0.05, 0) is 37.1 Å². The van der Waals surface area contributed by atoms with Gasteiger partial charge in [-0.1, -0.05) is 6.07 Å². The molecule has 21 heavy (non-hydrogen) atoms. The molecule has 9 heteroatoms. The van der Waals surface area contributed by atoms with Crippen LogP contribution in [0.4, 0.5) is 0 Å². The fraction of sp³-hybridized carbons (Fsp3) is 0.500. The number of nitrogens with one attached hydrogen (secondary N) is 1. The van der Waals surface area contributed by atoms with Crippen LogP contribution in [0.25, 0.3) is 0 Å². The molecule has 0 spiro atoms. The average molecular weight is 331 g/mol. The maximum Gasteiger partial charge on any atom is 0.243 e. The van der Waals surface area contributed by atoms with Crippen molar-refractivity contribution in [2.24, 2.45) is 11.1 Å². The zero-order valence-electron chi connectivity index (χ0n) is 11.3. The molecule has 0 aromatic heterocycles. The minimum atomic E-state index is -3.92. The highest BCUT2D eigenvalue weighted by molar-refractivity contribution is 7.90. The van der Waals surface area contributed by atoms with E-state index in [4.69, 9.17) is 5.14 Å². The van der Waals surface area contributed by atoms with E-state index in [1.807, 2.05) is 0 Å². The van der Waals surface area contributed by atoms with E-state index < -0.39 is 20.0 Å². The van der Waals surface area contributed by atoms with Crippen molar-refractivity contribution in [3.8, 4) is 0 Å². The van der Waals surface area contributed by atoms with Crippen LogP contribution in [0.3, 0.4) is 0 Å². The first-order valence-corrected chi connectivity index (χ1v) is 9.64. The van der Waals surface area contributed by atoms with Crippen LogP contribution in [0.1, 0.15) is 6.42 Å². The van der Waals surface area contributed by atoms with Gasteiger partial charge in [0.25, 0.3) is 0 Å². The van der Waals surface area contributed by atoms with Crippen molar-refractivity contribution in [2.75, 3.05) is 19.6 Å². The van der Waals surface area contributed by atoms with E-state index >= 15 is 0 Å². The minimum absolute atomic E-state index is 0.0263. The van der Waals surface area contributed by atoms with Crippen molar-refractivity contribution in [1.29, 1.82) is 0 Å². The number of benzene rings is 1. The first-order valence-electron chi connectivity index (χ1n) is 6.65. The van der Waals surface area contributed by atoms with Crippen LogP contribution < -0.4 is 10.5 Å². The fourth-order valence-electron chi connectivity index (χ4n) is 3.06. The maximum absolute atomic E-state index is 12.7. The normalized spacial score (nSPS) is 26.9. The molecule has 0 bridgehead atoms. The molecule has 0 amide bonds. The Balaban J connectivity index is 1.99. The Hall–Kier alpha value is -1.00. The summed E-state index contributed by atoms with van der Waals surface area (Å²) in [5, 5.41) is 8.25. The highest BCUT2D eigenvalue weighted by atomic mass is 32.2. The molecule has 0 radical (unpaired) electrons. The van der Waals surface area contributed by atoms with E-state index in [2.05, 4.69) is 5.32 Å². The van der Waals surface area contributed by atoms with Crippen molar-refractivity contribution >= 4 is 20.0 Å². The second-order valence-corrected chi connectivity index (χ2v) is 8.86. The maximum atomic E-state index is 12.7. The molecule has 2 atom stereocenters. The van der Waals surface area contributed by atoms with Crippen LogP contribution in [-0.2, 0) is 20.0 Å². The second kappa shape index (κ2) is 5.03. The van der Waals surface area contributed by atoms with E-state index in [0.29, 0.717) is 19.0 Å². The van der Waals surface area contributed by atoms with Gasteiger partial charge in [0.1, 0.15) is 0 Å². The van der Waals surface area contributed by atoms with Gasteiger partial charge in [0.15, 0.2) is 0 Å². The molecule has 2 aliphatic rings. The van der Waals surface area contributed by atoms with Gasteiger partial charge < -0.3 is 5.32 Å². The van der Waals surface area contributed by atoms with E-state index in [1.54, 1.807) is 0 Å². The third-order valence-corrected chi connectivity index (χ3v) is 6.97. The SMILES string of the molecule is NS(=O)(=O)c1cccc(S(=O)(=O)N2CC[C@H]3CNC[C@H]32)c1. The number of hydrogen-bond donors (Lipinski definition) is 2. The number of rotatable bonds is 3. The standard InChI is InChI=1S/C12H17N3O4S2/c13-20(16,17)10-2-1-3-11(6-10)21(18,19)15-5-4-9-7-14-8-12(9)15/h1-3,6,9,12,14H,4-5,7-8H2,(H2,13,16,17)/t9-,12+/m0/s1. The van der Waals surface area contributed by atoms with Gasteiger partial charge in [0.05, 0.1) is 9.79 Å². The molecule has 2 heterocycles. The first-order chi connectivity index (χ1) is 9.80. The average Bonchev–Trinajstić information content (AvgIpc) is 2.99. The molecule has 1 aromatic carbocycles. The fourth-order valence-corrected chi connectivity index (χ4v) is 5.44. The lowest BCUT2D eigenvalue weighted by Gasteiger charge is -2.23. The summed E-state index contributed by atoms with van der Waals surface area (Å²) in [6, 6.07) is 5.17. The van der Waals surface area contributed by atoms with Gasteiger partial charge >= 0.3 is 0 Å². The lowest BCUT2D eigenvalue weighted by molar-refractivity contribution is 0.383. The van der Waals surface area contributed by atoms with Crippen molar-refractivity contribution in [3.63, 3.8) is 0 Å². The summed E-state index contributed by atoms with van der Waals surface area (Å²) in [5.41, 5.74) is 0. The predicted molar refractivity (Wildman–Crippen MR) is 76.5 cm³/mol. The molecule has 3 N–H and O–H groups in total. The van der Waals surface area contributed by atoms with Crippen LogP contribution in [0.15, 0.2) is 34.1 Å². The predicted octanol–water partition coefficient (Wildman–Crippen LogP) is -0.684. The van der Waals surface area contributed by atoms with Gasteiger partial charge in [-0.25, -0.2) is 22.0 Å². The minimum Gasteiger partial charge on any atom is -0.315 e. The number of hydrogen-bond acceptors (Lipinski definition) is 5. The summed E-state index contributed by atoms with van der Waals surface area (Å²) in [5.74, 6) is 0.334. The Kier molecular flexibility index (Phi) is 3.57. The smallest absolute Gasteiger partial charge is 0.243 e. The third kappa shape index (κ3) is 2.59. The Morgan fingerprint density at radius 2 is 1.86 bits per heavy atom. The molecule has 3 rings (SSSR count). The van der Waals surface area contributed by atoms with Gasteiger partial charge in [-0.15, -0.1) is 0 Å². The lowest BCUT2D eigenvalue weighted by atomic mass is 10.1. The molecule has 2 saturated heterocycles. The monoisotopic (exact) mass is 331 g/mol. The van der Waals surface area contributed by atoms with Crippen molar-refractivity contribution < 1.29 is 16.8 Å². The van der Waals surface area contributed by atoms with Crippen molar-refractivity contribution in [2.45, 2.75) is 22.3 Å². The van der Waals surface area contributed by atoms with Crippen molar-refractivity contribution in [3.05, 3.63) is 24.3 Å². The highest BCUT2D eigenvalue weighted by Crippen LogP contribution is 2.32. The molecule has 0 saturated carbocycles. The van der Waals surface area contributed by atoms with Crippen LogP contribution in [0.2, 0.25) is 0 Å². The number of nitrogens with zero attached hydrogens (tertiary/aromatic N) is 1. The van der Waals surface area contributed by atoms with E-state index in [9.17, 15) is 16.8 Å². The first kappa shape index (κ1) is 14.9. The largest absolute Gasteiger partial charge is 0.315 e. The van der Waals surface area contributed by atoms with Crippen LogP contribution in [0, 0.1) is 5.92 Å². The quantitative estimate of drug-likeness (QED) is 0.762. The van der Waals surface area contributed by atoms with Crippen LogP contribution in [-0.4, -0.2) is 46.8 Å². The summed E-state index contributed by atoms with van der Waals surface area (Å²) in [6.07, 6.45) is 0.825. The van der Waals surface area contributed by atoms with Crippen molar-refractivity contribution in [1.82, 2.24) is 9.62 Å². The molecule has 2 aliphatic heterocycles. The molecule has 1 aromatic rings. The summed E-state index contributed by atoms with van der Waals surface area (Å²) >= 11 is 0. The topological polar surface area (TPSA) is 110 Å². The zero-order chi connectivity index (χ0) is 15.3. The number of sulfonamides is 2. The molecule has 2 fully saturated rings. The number of primary sulfonamides is 1. The molecule has 7 nitrogen and oxygen atoms in total. The van der Waals surface area contributed by atoms with Crippen LogP contribution in [0.5, 0.6) is 0 Å². The summed E-state index contributed by atoms with van der Waals surface area (Å²) in [4.78, 5) is -0.217. The van der Waals surface area contributed by atoms with Gasteiger partial charge in [-0.2, -0.15) is 4.31 Å².